The fourth-order valence-electron chi connectivity index (χ4n) is 1.49. The molecule has 0 aliphatic carbocycles. The first-order chi connectivity index (χ1) is 9.19. The lowest BCUT2D eigenvalue weighted by Crippen LogP contribution is -2.00. The highest BCUT2D eigenvalue weighted by atomic mass is 16.5. The zero-order valence-electron chi connectivity index (χ0n) is 10.4. The number of carboxylic acids is 1. The van der Waals surface area contributed by atoms with Gasteiger partial charge in [-0.1, -0.05) is 0 Å². The quantitative estimate of drug-likeness (QED) is 0.831. The summed E-state index contributed by atoms with van der Waals surface area (Å²) in [7, 11) is 0. The van der Waals surface area contributed by atoms with Crippen LogP contribution in [0.3, 0.4) is 0 Å². The van der Waals surface area contributed by atoms with Gasteiger partial charge in [0.25, 0.3) is 0 Å². The maximum atomic E-state index is 10.7. The molecule has 0 aliphatic heterocycles. The van der Waals surface area contributed by atoms with Crippen LogP contribution in [0.15, 0.2) is 35.1 Å². The molecule has 2 aromatic heterocycles. The van der Waals surface area contributed by atoms with Gasteiger partial charge in [0.1, 0.15) is 12.0 Å². The molecule has 100 valence electrons. The number of nitrogens with one attached hydrogen (secondary N) is 1. The number of pyridine rings is 1. The first kappa shape index (κ1) is 12.9. The van der Waals surface area contributed by atoms with E-state index in [4.69, 9.17) is 14.3 Å². The molecule has 0 fully saturated rings. The molecule has 0 amide bonds. The Hall–Kier alpha value is -2.50. The van der Waals surface area contributed by atoms with E-state index in [0.717, 1.165) is 5.69 Å². The summed E-state index contributed by atoms with van der Waals surface area (Å²) in [5.41, 5.74) is 0.943. The Bertz CT molecular complexity index is 548. The number of nitrogens with zero attached hydrogens (tertiary/aromatic N) is 1. The van der Waals surface area contributed by atoms with Gasteiger partial charge in [-0.3, -0.25) is 0 Å². The van der Waals surface area contributed by atoms with Crippen molar-refractivity contribution in [3.63, 3.8) is 0 Å². The summed E-state index contributed by atoms with van der Waals surface area (Å²) in [5, 5.41) is 11.8. The molecule has 6 nitrogen and oxygen atoms in total. The van der Waals surface area contributed by atoms with Crippen LogP contribution in [0.5, 0.6) is 5.88 Å². The summed E-state index contributed by atoms with van der Waals surface area (Å²) in [4.78, 5) is 14.8. The third-order valence-corrected chi connectivity index (χ3v) is 2.40. The summed E-state index contributed by atoms with van der Waals surface area (Å²) in [5.74, 6) is 0.114. The molecule has 0 aromatic carbocycles. The Labute approximate surface area is 110 Å². The van der Waals surface area contributed by atoms with E-state index in [1.54, 1.807) is 12.3 Å². The van der Waals surface area contributed by atoms with E-state index in [2.05, 4.69) is 10.3 Å². The molecule has 2 rings (SSSR count). The second-order valence-corrected chi connectivity index (χ2v) is 3.78. The number of carboxylic acid groups (broad SMARTS) is 1. The molecule has 0 spiro atoms. The van der Waals surface area contributed by atoms with Crippen molar-refractivity contribution in [2.24, 2.45) is 0 Å². The smallest absolute Gasteiger partial charge is 0.338 e. The maximum Gasteiger partial charge on any atom is 0.338 e. The third-order valence-electron chi connectivity index (χ3n) is 2.40. The first-order valence-electron chi connectivity index (χ1n) is 5.82. The third kappa shape index (κ3) is 3.48. The zero-order valence-corrected chi connectivity index (χ0v) is 10.4. The lowest BCUT2D eigenvalue weighted by atomic mass is 10.3. The molecule has 0 aliphatic rings. The molecule has 0 bridgehead atoms. The summed E-state index contributed by atoms with van der Waals surface area (Å²) in [6.45, 7) is 2.86. The average Bonchev–Trinajstić information content (AvgIpc) is 2.87. The van der Waals surface area contributed by atoms with Crippen molar-refractivity contribution in [3.8, 4) is 5.88 Å². The van der Waals surface area contributed by atoms with Crippen molar-refractivity contribution in [2.45, 2.75) is 13.5 Å². The van der Waals surface area contributed by atoms with Crippen molar-refractivity contribution in [1.82, 2.24) is 4.98 Å². The molecule has 0 radical (unpaired) electrons. The summed E-state index contributed by atoms with van der Waals surface area (Å²) in [6.07, 6.45) is 2.86. The van der Waals surface area contributed by atoms with Gasteiger partial charge in [0.2, 0.25) is 5.88 Å². The van der Waals surface area contributed by atoms with Gasteiger partial charge in [-0.05, 0) is 19.1 Å². The topological polar surface area (TPSA) is 84.6 Å². The highest BCUT2D eigenvalue weighted by Gasteiger charge is 2.07. The number of hydrogen-bond acceptors (Lipinski definition) is 5. The number of ether oxygens (including phenoxy) is 1. The van der Waals surface area contributed by atoms with Gasteiger partial charge < -0.3 is 19.6 Å². The van der Waals surface area contributed by atoms with Gasteiger partial charge in [0, 0.05) is 6.07 Å². The molecular formula is C13H14N2O4. The number of furan rings is 1. The van der Waals surface area contributed by atoms with Crippen LogP contribution in [0.25, 0.3) is 0 Å². The predicted molar refractivity (Wildman–Crippen MR) is 68.4 cm³/mol. The Morgan fingerprint density at radius 3 is 2.95 bits per heavy atom. The van der Waals surface area contributed by atoms with Gasteiger partial charge in [-0.2, -0.15) is 0 Å². The van der Waals surface area contributed by atoms with Gasteiger partial charge in [-0.15, -0.1) is 0 Å². The minimum Gasteiger partial charge on any atom is -0.478 e. The molecule has 0 unspecified atom stereocenters. The highest BCUT2D eigenvalue weighted by Crippen LogP contribution is 2.14. The van der Waals surface area contributed by atoms with Crippen LogP contribution in [0.4, 0.5) is 5.69 Å². The summed E-state index contributed by atoms with van der Waals surface area (Å²) < 4.78 is 10.4. The van der Waals surface area contributed by atoms with Crippen LogP contribution in [0, 0.1) is 0 Å². The maximum absolute atomic E-state index is 10.7. The fourth-order valence-corrected chi connectivity index (χ4v) is 1.49. The van der Waals surface area contributed by atoms with Crippen LogP contribution < -0.4 is 10.1 Å². The molecule has 2 N–H and O–H groups in total. The van der Waals surface area contributed by atoms with Crippen molar-refractivity contribution in [1.29, 1.82) is 0 Å². The molecule has 6 heteroatoms. The normalized spacial score (nSPS) is 10.2. The number of hydrogen-bond donors (Lipinski definition) is 2. The van der Waals surface area contributed by atoms with Crippen LogP contribution in [0.2, 0.25) is 0 Å². The fraction of sp³-hybridized carbons (Fsp3) is 0.231. The van der Waals surface area contributed by atoms with E-state index >= 15 is 0 Å². The molecule has 2 aromatic rings. The predicted octanol–water partition coefficient (Wildman–Crippen LogP) is 2.38. The number of rotatable bonds is 6. The molecule has 0 saturated carbocycles. The van der Waals surface area contributed by atoms with E-state index in [1.165, 1.54) is 12.3 Å². The zero-order chi connectivity index (χ0) is 13.7. The Kier molecular flexibility index (Phi) is 4.02. The molecular weight excluding hydrogens is 248 g/mol. The minimum atomic E-state index is -1.00. The Morgan fingerprint density at radius 2 is 2.37 bits per heavy atom. The molecule has 0 saturated heterocycles. The number of aromatic carboxylic acids is 1. The van der Waals surface area contributed by atoms with Gasteiger partial charge in [0.05, 0.1) is 30.6 Å². The van der Waals surface area contributed by atoms with Crippen molar-refractivity contribution >= 4 is 11.7 Å². The van der Waals surface area contributed by atoms with Crippen molar-refractivity contribution < 1.29 is 19.1 Å². The number of anilines is 1. The first-order valence-corrected chi connectivity index (χ1v) is 5.82. The lowest BCUT2D eigenvalue weighted by molar-refractivity contribution is 0.0696. The molecule has 0 atom stereocenters. The molecule has 2 heterocycles. The number of carbonyl (C=O) groups is 1. The van der Waals surface area contributed by atoms with E-state index in [9.17, 15) is 4.79 Å². The number of aromatic nitrogens is 1. The van der Waals surface area contributed by atoms with E-state index in [-0.39, 0.29) is 5.56 Å². The summed E-state index contributed by atoms with van der Waals surface area (Å²) in [6, 6.07) is 5.08. The van der Waals surface area contributed by atoms with Crippen LogP contribution >= 0.6 is 0 Å². The van der Waals surface area contributed by atoms with Gasteiger partial charge in [-0.25, -0.2) is 9.78 Å². The second-order valence-electron chi connectivity index (χ2n) is 3.78. The average molecular weight is 262 g/mol. The van der Waals surface area contributed by atoms with Crippen LogP contribution in [-0.2, 0) is 6.54 Å². The van der Waals surface area contributed by atoms with Gasteiger partial charge in [0.15, 0.2) is 0 Å². The van der Waals surface area contributed by atoms with Gasteiger partial charge >= 0.3 is 5.97 Å². The standard InChI is InChI=1S/C13H14N2O4/c1-2-18-12-4-3-10(6-15-12)14-7-11-5-9(8-19-11)13(16)17/h3-6,8,14H,2,7H2,1H3,(H,16,17). The van der Waals surface area contributed by atoms with Crippen molar-refractivity contribution in [3.05, 3.63) is 42.0 Å². The second kappa shape index (κ2) is 5.90. The van der Waals surface area contributed by atoms with Crippen molar-refractivity contribution in [2.75, 3.05) is 11.9 Å². The van der Waals surface area contributed by atoms with E-state index < -0.39 is 5.97 Å². The highest BCUT2D eigenvalue weighted by molar-refractivity contribution is 5.87. The van der Waals surface area contributed by atoms with Crippen LogP contribution in [-0.4, -0.2) is 22.7 Å². The van der Waals surface area contributed by atoms with E-state index in [1.807, 2.05) is 13.0 Å². The van der Waals surface area contributed by atoms with Crippen LogP contribution in [0.1, 0.15) is 23.0 Å². The monoisotopic (exact) mass is 262 g/mol. The largest absolute Gasteiger partial charge is 0.478 e. The molecule has 19 heavy (non-hydrogen) atoms. The summed E-state index contributed by atoms with van der Waals surface area (Å²) >= 11 is 0. The SMILES string of the molecule is CCOc1ccc(NCc2cc(C(=O)O)co2)cn1. The Morgan fingerprint density at radius 1 is 1.53 bits per heavy atom. The lowest BCUT2D eigenvalue weighted by Gasteiger charge is -2.05. The van der Waals surface area contributed by atoms with E-state index in [0.29, 0.717) is 24.8 Å². The Balaban J connectivity index is 1.92. The minimum absolute atomic E-state index is 0.140.